The second-order valence-electron chi connectivity index (χ2n) is 4.95. The third kappa shape index (κ3) is 1.56. The van der Waals surface area contributed by atoms with Crippen LogP contribution in [0.15, 0.2) is 35.5 Å². The number of hydrogen-bond acceptors (Lipinski definition) is 4. The molecule has 3 aliphatic rings. The lowest BCUT2D eigenvalue weighted by atomic mass is 10.0. The van der Waals surface area contributed by atoms with Gasteiger partial charge in [0.05, 0.1) is 5.92 Å². The highest BCUT2D eigenvalue weighted by molar-refractivity contribution is 9.18. The van der Waals surface area contributed by atoms with Crippen molar-refractivity contribution in [3.8, 4) is 0 Å². The lowest BCUT2D eigenvalue weighted by Crippen LogP contribution is -2.48. The maximum Gasteiger partial charge on any atom is 0.277 e. The van der Waals surface area contributed by atoms with Gasteiger partial charge in [-0.25, -0.2) is 5.06 Å². The first-order valence-electron chi connectivity index (χ1n) is 6.20. The molecule has 1 aromatic rings. The maximum absolute atomic E-state index is 12.4. The van der Waals surface area contributed by atoms with Crippen LogP contribution in [-0.4, -0.2) is 33.8 Å². The topological polar surface area (TPSA) is 51.1 Å². The van der Waals surface area contributed by atoms with Gasteiger partial charge in [0, 0.05) is 12.0 Å². The summed E-state index contributed by atoms with van der Waals surface area (Å²) in [4.78, 5) is 23.6. The van der Waals surface area contributed by atoms with Crippen molar-refractivity contribution in [3.63, 3.8) is 0 Å². The Morgan fingerprint density at radius 1 is 1.37 bits per heavy atom. The van der Waals surface area contributed by atoms with Gasteiger partial charge in [-0.15, -0.1) is 0 Å². The highest BCUT2D eigenvalue weighted by Crippen LogP contribution is 2.46. The lowest BCUT2D eigenvalue weighted by Gasteiger charge is -2.31. The van der Waals surface area contributed by atoms with E-state index in [4.69, 9.17) is 9.68 Å². The number of nitrogens with zero attached hydrogens (tertiary/aromatic N) is 2. The van der Waals surface area contributed by atoms with E-state index < -0.39 is 0 Å². The van der Waals surface area contributed by atoms with Gasteiger partial charge in [0.25, 0.3) is 5.91 Å². The van der Waals surface area contributed by atoms with Crippen LogP contribution in [0.5, 0.6) is 0 Å². The van der Waals surface area contributed by atoms with E-state index in [1.807, 2.05) is 18.2 Å². The Bertz CT molecular complexity index is 562. The third-order valence-corrected chi connectivity index (χ3v) is 4.59. The number of rotatable bonds is 1. The molecule has 2 aliphatic heterocycles. The van der Waals surface area contributed by atoms with Gasteiger partial charge in [0.2, 0.25) is 0 Å². The van der Waals surface area contributed by atoms with E-state index in [1.165, 1.54) is 5.06 Å². The second kappa shape index (κ2) is 4.05. The first-order chi connectivity index (χ1) is 9.25. The Balaban J connectivity index is 1.59. The molecule has 98 valence electrons. The molecule has 0 aromatic heterocycles. The molecule has 4 atom stereocenters. The van der Waals surface area contributed by atoms with E-state index in [2.05, 4.69) is 21.1 Å². The van der Waals surface area contributed by atoms with Gasteiger partial charge in [-0.2, -0.15) is 0 Å². The maximum atomic E-state index is 12.4. The Labute approximate surface area is 118 Å². The minimum Gasteiger partial charge on any atom is -0.389 e. The normalized spacial score (nSPS) is 35.0. The number of carbonyl (C=O) groups excluding carboxylic acids is 1. The molecular weight excluding hydrogens is 312 g/mol. The van der Waals surface area contributed by atoms with Crippen LogP contribution in [0.3, 0.4) is 0 Å². The van der Waals surface area contributed by atoms with Gasteiger partial charge < -0.3 is 4.84 Å². The van der Waals surface area contributed by atoms with Gasteiger partial charge in [0.1, 0.15) is 16.8 Å². The van der Waals surface area contributed by atoms with Crippen LogP contribution in [0.1, 0.15) is 16.8 Å². The fraction of sp³-hybridized carbons (Fsp3) is 0.385. The number of hydroxylamine groups is 2. The van der Waals surface area contributed by atoms with Crippen molar-refractivity contribution in [1.29, 1.82) is 0 Å². The molecule has 0 spiro atoms. The van der Waals surface area contributed by atoms with Gasteiger partial charge >= 0.3 is 0 Å². The smallest absolute Gasteiger partial charge is 0.277 e. The van der Waals surface area contributed by atoms with Crippen LogP contribution in [0.4, 0.5) is 0 Å². The summed E-state index contributed by atoms with van der Waals surface area (Å²) in [5.41, 5.74) is 0.629. The minimum absolute atomic E-state index is 0.0247. The highest BCUT2D eigenvalue weighted by Gasteiger charge is 2.60. The van der Waals surface area contributed by atoms with Crippen LogP contribution < -0.4 is 0 Å². The largest absolute Gasteiger partial charge is 0.389 e. The summed E-state index contributed by atoms with van der Waals surface area (Å²) in [6.07, 6.45) is 0.697. The Morgan fingerprint density at radius 3 is 2.95 bits per heavy atom. The summed E-state index contributed by atoms with van der Waals surface area (Å²) in [6, 6.07) is 9.09. The zero-order chi connectivity index (χ0) is 13.0. The molecule has 0 unspecified atom stereocenters. The quantitative estimate of drug-likeness (QED) is 0.794. The fourth-order valence-corrected chi connectivity index (χ4v) is 3.67. The zero-order valence-corrected chi connectivity index (χ0v) is 11.5. The summed E-state index contributed by atoms with van der Waals surface area (Å²) < 4.78 is 0.789. The molecular formula is C13H11BrN2O3. The van der Waals surface area contributed by atoms with Gasteiger partial charge in [0.15, 0.2) is 6.10 Å². The van der Waals surface area contributed by atoms with E-state index in [1.54, 1.807) is 12.1 Å². The van der Waals surface area contributed by atoms with Crippen LogP contribution in [-0.2, 0) is 9.68 Å². The van der Waals surface area contributed by atoms with Crippen molar-refractivity contribution in [3.05, 3.63) is 35.9 Å². The minimum atomic E-state index is -0.113. The molecule has 19 heavy (non-hydrogen) atoms. The van der Waals surface area contributed by atoms with Crippen LogP contribution >= 0.6 is 15.9 Å². The predicted octanol–water partition coefficient (Wildman–Crippen LogP) is 1.94. The first-order valence-corrected chi connectivity index (χ1v) is 6.99. The standard InChI is InChI=1S/C13H11BrN2O3/c14-12-10-9-6-8(11(10)18-15-12)16(19-9)13(17)7-4-2-1-3-5-7/h1-5,8-11H,6H2/t8-,9+,10-,11+/m1/s1. The van der Waals surface area contributed by atoms with E-state index in [9.17, 15) is 4.79 Å². The number of fused-ring (bicyclic) bond motifs is 5. The monoisotopic (exact) mass is 322 g/mol. The second-order valence-corrected chi connectivity index (χ2v) is 5.77. The number of benzene rings is 1. The van der Waals surface area contributed by atoms with Gasteiger partial charge in [-0.05, 0) is 28.1 Å². The molecule has 0 N–H and O–H groups in total. The Kier molecular flexibility index (Phi) is 2.43. The molecule has 2 bridgehead atoms. The third-order valence-electron chi connectivity index (χ3n) is 3.92. The Hall–Kier alpha value is -1.40. The van der Waals surface area contributed by atoms with Crippen molar-refractivity contribution in [2.24, 2.45) is 11.1 Å². The van der Waals surface area contributed by atoms with Crippen molar-refractivity contribution in [2.45, 2.75) is 24.7 Å². The zero-order valence-electron chi connectivity index (χ0n) is 9.90. The number of hydrogen-bond donors (Lipinski definition) is 0. The first kappa shape index (κ1) is 11.4. The van der Waals surface area contributed by atoms with E-state index in [0.29, 0.717) is 5.56 Å². The van der Waals surface area contributed by atoms with E-state index >= 15 is 0 Å². The van der Waals surface area contributed by atoms with Gasteiger partial charge in [-0.3, -0.25) is 9.63 Å². The van der Waals surface area contributed by atoms with Crippen molar-refractivity contribution in [1.82, 2.24) is 5.06 Å². The molecule has 6 heteroatoms. The summed E-state index contributed by atoms with van der Waals surface area (Å²) in [5.74, 6) is 0.0167. The molecule has 0 radical (unpaired) electrons. The highest BCUT2D eigenvalue weighted by atomic mass is 79.9. The molecule has 4 rings (SSSR count). The molecule has 1 aromatic carbocycles. The summed E-state index contributed by atoms with van der Waals surface area (Å²) in [5, 5.41) is 5.40. The predicted molar refractivity (Wildman–Crippen MR) is 70.6 cm³/mol. The van der Waals surface area contributed by atoms with Crippen molar-refractivity contribution >= 4 is 26.5 Å². The number of oxime groups is 1. The average Bonchev–Trinajstić information content (AvgIpc) is 3.11. The number of halogens is 1. The average molecular weight is 323 g/mol. The summed E-state index contributed by atoms with van der Waals surface area (Å²) >= 11 is 3.39. The van der Waals surface area contributed by atoms with Crippen LogP contribution in [0.25, 0.3) is 0 Å². The summed E-state index contributed by atoms with van der Waals surface area (Å²) in [7, 11) is 0. The van der Waals surface area contributed by atoms with Gasteiger partial charge in [-0.1, -0.05) is 23.4 Å². The van der Waals surface area contributed by atoms with E-state index in [0.717, 1.165) is 11.0 Å². The van der Waals surface area contributed by atoms with Crippen LogP contribution in [0, 0.1) is 5.92 Å². The lowest BCUT2D eigenvalue weighted by molar-refractivity contribution is -0.189. The van der Waals surface area contributed by atoms with Crippen molar-refractivity contribution in [2.75, 3.05) is 0 Å². The molecule has 1 amide bonds. The van der Waals surface area contributed by atoms with Crippen LogP contribution in [0.2, 0.25) is 0 Å². The Morgan fingerprint density at radius 2 is 2.16 bits per heavy atom. The molecule has 1 saturated heterocycles. The molecule has 2 heterocycles. The van der Waals surface area contributed by atoms with Crippen molar-refractivity contribution < 1.29 is 14.5 Å². The molecule has 2 fully saturated rings. The molecule has 1 aliphatic carbocycles. The van der Waals surface area contributed by atoms with E-state index in [-0.39, 0.29) is 30.1 Å². The molecule has 5 nitrogen and oxygen atoms in total. The molecule has 1 saturated carbocycles. The number of amides is 1. The SMILES string of the molecule is O=C(c1ccccc1)N1O[C@H]2C[C@@H]1[C@@H]1ON=C(Br)[C@@H]12. The number of carbonyl (C=O) groups is 1. The fourth-order valence-electron chi connectivity index (χ4n) is 3.03. The summed E-state index contributed by atoms with van der Waals surface area (Å²) in [6.45, 7) is 0.